The van der Waals surface area contributed by atoms with E-state index in [1.54, 1.807) is 6.20 Å². The lowest BCUT2D eigenvalue weighted by atomic mass is 10.2. The highest BCUT2D eigenvalue weighted by atomic mass is 35.5. The maximum Gasteiger partial charge on any atom is 0.355 e. The van der Waals surface area contributed by atoms with Crippen molar-refractivity contribution in [3.05, 3.63) is 118 Å². The Hall–Kier alpha value is -4.16. The first-order valence-electron chi connectivity index (χ1n) is 10.8. The molecule has 2 heterocycles. The zero-order chi connectivity index (χ0) is 23.5. The lowest BCUT2D eigenvalue weighted by Crippen LogP contribution is -2.27. The molecule has 0 amide bonds. The van der Waals surface area contributed by atoms with Crippen molar-refractivity contribution in [2.75, 3.05) is 11.9 Å². The third-order valence-electron chi connectivity index (χ3n) is 5.38. The van der Waals surface area contributed by atoms with E-state index in [4.69, 9.17) is 16.0 Å². The minimum Gasteiger partial charge on any atom is -0.434 e. The van der Waals surface area contributed by atoms with Gasteiger partial charge in [0, 0.05) is 30.9 Å². The van der Waals surface area contributed by atoms with Crippen LogP contribution in [-0.4, -0.2) is 21.6 Å². The van der Waals surface area contributed by atoms with Gasteiger partial charge in [-0.2, -0.15) is 9.97 Å². The van der Waals surface area contributed by atoms with E-state index in [9.17, 15) is 4.79 Å². The maximum atomic E-state index is 13.2. The van der Waals surface area contributed by atoms with Gasteiger partial charge < -0.3 is 9.32 Å². The van der Waals surface area contributed by atoms with Crippen LogP contribution in [0.4, 0.5) is 5.82 Å². The Kier molecular flexibility index (Phi) is 5.97. The molecule has 0 fully saturated rings. The Morgan fingerprint density at radius 2 is 1.44 bits per heavy atom. The van der Waals surface area contributed by atoms with Gasteiger partial charge in [-0.3, -0.25) is 0 Å². The van der Waals surface area contributed by atoms with Gasteiger partial charge in [-0.25, -0.2) is 9.36 Å². The molecule has 34 heavy (non-hydrogen) atoms. The van der Waals surface area contributed by atoms with Crippen LogP contribution >= 0.6 is 11.6 Å². The van der Waals surface area contributed by atoms with Crippen LogP contribution in [0.5, 0.6) is 0 Å². The highest BCUT2D eigenvalue weighted by molar-refractivity contribution is 6.32. The number of anilines is 1. The van der Waals surface area contributed by atoms with Crippen LogP contribution in [0.15, 0.2) is 106 Å². The second-order valence-electron chi connectivity index (χ2n) is 7.81. The topological polar surface area (TPSA) is 64.2 Å². The van der Waals surface area contributed by atoms with Crippen LogP contribution in [0.25, 0.3) is 28.6 Å². The summed E-state index contributed by atoms with van der Waals surface area (Å²) in [7, 11) is 1.85. The standard InChI is InChI=1S/C27H21ClN4O2/c1-31(17-19-11-5-2-6-12-19)24-22(28)18-32(27(33)30-24)25-23(20-13-7-3-8-14-20)34-26(29-25)21-15-9-4-10-16-21/h2-16,18H,17H2,1H3. The Labute approximate surface area is 201 Å². The van der Waals surface area contributed by atoms with E-state index < -0.39 is 5.69 Å². The summed E-state index contributed by atoms with van der Waals surface area (Å²) in [4.78, 5) is 23.9. The van der Waals surface area contributed by atoms with Crippen molar-refractivity contribution in [3.63, 3.8) is 0 Å². The number of oxazole rings is 1. The molecule has 0 saturated carbocycles. The molecule has 168 valence electrons. The van der Waals surface area contributed by atoms with Crippen LogP contribution in [0, 0.1) is 0 Å². The first kappa shape index (κ1) is 21.7. The summed E-state index contributed by atoms with van der Waals surface area (Å²) in [6.45, 7) is 0.564. The van der Waals surface area contributed by atoms with Crippen LogP contribution in [0.1, 0.15) is 5.56 Å². The largest absolute Gasteiger partial charge is 0.434 e. The van der Waals surface area contributed by atoms with Crippen molar-refractivity contribution < 1.29 is 4.42 Å². The van der Waals surface area contributed by atoms with Gasteiger partial charge in [0.15, 0.2) is 17.4 Å². The van der Waals surface area contributed by atoms with Crippen molar-refractivity contribution in [2.45, 2.75) is 6.54 Å². The van der Waals surface area contributed by atoms with Crippen molar-refractivity contribution in [1.82, 2.24) is 14.5 Å². The smallest absolute Gasteiger partial charge is 0.355 e. The number of hydrogen-bond donors (Lipinski definition) is 0. The number of aromatic nitrogens is 3. The molecule has 0 aliphatic carbocycles. The molecule has 6 nitrogen and oxygen atoms in total. The molecule has 0 atom stereocenters. The highest BCUT2D eigenvalue weighted by Gasteiger charge is 2.21. The van der Waals surface area contributed by atoms with Gasteiger partial charge >= 0.3 is 5.69 Å². The first-order chi connectivity index (χ1) is 16.6. The number of nitrogens with zero attached hydrogens (tertiary/aromatic N) is 4. The van der Waals surface area contributed by atoms with E-state index >= 15 is 0 Å². The van der Waals surface area contributed by atoms with Crippen molar-refractivity contribution in [2.24, 2.45) is 0 Å². The molecule has 7 heteroatoms. The lowest BCUT2D eigenvalue weighted by molar-refractivity contribution is 0.588. The van der Waals surface area contributed by atoms with Gasteiger partial charge in [0.25, 0.3) is 0 Å². The normalized spacial score (nSPS) is 10.9. The van der Waals surface area contributed by atoms with Gasteiger partial charge in [-0.15, -0.1) is 0 Å². The van der Waals surface area contributed by atoms with Crippen molar-refractivity contribution in [1.29, 1.82) is 0 Å². The molecule has 0 aliphatic rings. The minimum atomic E-state index is -0.496. The molecule has 5 aromatic rings. The summed E-state index contributed by atoms with van der Waals surface area (Å²) in [6.07, 6.45) is 1.55. The fourth-order valence-corrected chi connectivity index (χ4v) is 4.02. The van der Waals surface area contributed by atoms with Crippen molar-refractivity contribution >= 4 is 17.4 Å². The second kappa shape index (κ2) is 9.37. The van der Waals surface area contributed by atoms with Crippen molar-refractivity contribution in [3.8, 4) is 28.6 Å². The summed E-state index contributed by atoms with van der Waals surface area (Å²) in [5.74, 6) is 1.61. The molecule has 0 aliphatic heterocycles. The van der Waals surface area contributed by atoms with E-state index in [-0.39, 0.29) is 0 Å². The number of rotatable bonds is 6. The molecule has 0 saturated heterocycles. The number of hydrogen-bond acceptors (Lipinski definition) is 5. The monoisotopic (exact) mass is 468 g/mol. The van der Waals surface area contributed by atoms with E-state index in [0.717, 1.165) is 16.7 Å². The molecule has 0 unspecified atom stereocenters. The highest BCUT2D eigenvalue weighted by Crippen LogP contribution is 2.32. The average Bonchev–Trinajstić information content (AvgIpc) is 3.32. The zero-order valence-electron chi connectivity index (χ0n) is 18.4. The summed E-state index contributed by atoms with van der Waals surface area (Å²) >= 11 is 6.61. The Bertz CT molecular complexity index is 1470. The predicted molar refractivity (Wildman–Crippen MR) is 134 cm³/mol. The van der Waals surface area contributed by atoms with E-state index in [1.807, 2.05) is 103 Å². The first-order valence-corrected chi connectivity index (χ1v) is 11.1. The van der Waals surface area contributed by atoms with Crippen LogP contribution in [-0.2, 0) is 6.54 Å². The maximum absolute atomic E-state index is 13.2. The SMILES string of the molecule is CN(Cc1ccccc1)c1nc(=O)n(-c2nc(-c3ccccc3)oc2-c2ccccc2)cc1Cl. The van der Waals surface area contributed by atoms with E-state index in [2.05, 4.69) is 9.97 Å². The summed E-state index contributed by atoms with van der Waals surface area (Å²) in [5, 5.41) is 0.335. The summed E-state index contributed by atoms with van der Waals surface area (Å²) in [5.41, 5.74) is 2.18. The summed E-state index contributed by atoms with van der Waals surface area (Å²) in [6, 6.07) is 29.0. The quantitative estimate of drug-likeness (QED) is 0.313. The van der Waals surface area contributed by atoms with E-state index in [1.165, 1.54) is 4.57 Å². The molecule has 0 bridgehead atoms. The second-order valence-corrected chi connectivity index (χ2v) is 8.22. The molecular formula is C27H21ClN4O2. The Morgan fingerprint density at radius 1 is 0.853 bits per heavy atom. The number of halogens is 1. The van der Waals surface area contributed by atoms with Gasteiger partial charge in [0.2, 0.25) is 5.89 Å². The Morgan fingerprint density at radius 3 is 2.09 bits per heavy atom. The lowest BCUT2D eigenvalue weighted by Gasteiger charge is -2.19. The zero-order valence-corrected chi connectivity index (χ0v) is 19.2. The van der Waals surface area contributed by atoms with Gasteiger partial charge in [0.05, 0.1) is 0 Å². The third kappa shape index (κ3) is 4.36. The predicted octanol–water partition coefficient (Wildman–Crippen LogP) is 5.84. The molecule has 0 spiro atoms. The summed E-state index contributed by atoms with van der Waals surface area (Å²) < 4.78 is 7.47. The van der Waals surface area contributed by atoms with Gasteiger partial charge in [0.1, 0.15) is 5.02 Å². The minimum absolute atomic E-state index is 0.335. The molecule has 0 radical (unpaired) electrons. The fraction of sp³-hybridized carbons (Fsp3) is 0.0741. The molecule has 5 rings (SSSR count). The van der Waals surface area contributed by atoms with Crippen LogP contribution in [0.2, 0.25) is 5.02 Å². The van der Waals surface area contributed by atoms with Crippen LogP contribution in [0.3, 0.4) is 0 Å². The van der Waals surface area contributed by atoms with Crippen LogP contribution < -0.4 is 10.6 Å². The van der Waals surface area contributed by atoms with Gasteiger partial charge in [-0.05, 0) is 17.7 Å². The number of benzene rings is 3. The molecular weight excluding hydrogens is 448 g/mol. The molecule has 3 aromatic carbocycles. The molecule has 2 aromatic heterocycles. The molecule has 0 N–H and O–H groups in total. The third-order valence-corrected chi connectivity index (χ3v) is 5.65. The average molecular weight is 469 g/mol. The Balaban J connectivity index is 1.59. The fourth-order valence-electron chi connectivity index (χ4n) is 3.73. The van der Waals surface area contributed by atoms with Gasteiger partial charge in [-0.1, -0.05) is 90.5 Å². The van der Waals surface area contributed by atoms with E-state index in [0.29, 0.717) is 34.9 Å².